The van der Waals surface area contributed by atoms with Crippen LogP contribution in [0.4, 0.5) is 4.39 Å². The van der Waals surface area contributed by atoms with Gasteiger partial charge in [-0.3, -0.25) is 9.78 Å². The first-order valence-corrected chi connectivity index (χ1v) is 6.15. The van der Waals surface area contributed by atoms with E-state index in [1.807, 2.05) is 0 Å². The first-order chi connectivity index (χ1) is 9.16. The molecule has 96 valence electrons. The van der Waals surface area contributed by atoms with Crippen LogP contribution in [-0.2, 0) is 0 Å². The molecule has 6 heteroatoms. The van der Waals surface area contributed by atoms with E-state index in [1.165, 1.54) is 18.5 Å². The molecule has 4 nitrogen and oxygen atoms in total. The highest BCUT2D eigenvalue weighted by Crippen LogP contribution is 2.13. The zero-order chi connectivity index (χ0) is 13.7. The van der Waals surface area contributed by atoms with E-state index in [0.717, 1.165) is 4.47 Å². The van der Waals surface area contributed by atoms with Gasteiger partial charge in [0.1, 0.15) is 11.5 Å². The van der Waals surface area contributed by atoms with E-state index in [2.05, 4.69) is 31.4 Å². The van der Waals surface area contributed by atoms with E-state index in [9.17, 15) is 9.18 Å². The Morgan fingerprint density at radius 3 is 2.95 bits per heavy atom. The standard InChI is InChI=1S/C13H9BrFN3O/c14-10-4-5-11(15)9(7-10)8-17-18-13(19)12-3-1-2-6-16-12/h1-8H,(H,18,19)/b17-8-. The Morgan fingerprint density at radius 1 is 1.37 bits per heavy atom. The molecule has 19 heavy (non-hydrogen) atoms. The van der Waals surface area contributed by atoms with E-state index >= 15 is 0 Å². The second-order valence-corrected chi connectivity index (χ2v) is 4.50. The summed E-state index contributed by atoms with van der Waals surface area (Å²) >= 11 is 3.23. The number of carbonyl (C=O) groups is 1. The first-order valence-electron chi connectivity index (χ1n) is 5.36. The summed E-state index contributed by atoms with van der Waals surface area (Å²) in [6, 6.07) is 9.41. The van der Waals surface area contributed by atoms with Crippen LogP contribution >= 0.6 is 15.9 Å². The van der Waals surface area contributed by atoms with Crippen molar-refractivity contribution in [2.24, 2.45) is 5.10 Å². The molecule has 0 radical (unpaired) electrons. The predicted octanol–water partition coefficient (Wildman–Crippen LogP) is 2.75. The van der Waals surface area contributed by atoms with Gasteiger partial charge in [-0.05, 0) is 30.3 Å². The lowest BCUT2D eigenvalue weighted by Gasteiger charge is -1.99. The van der Waals surface area contributed by atoms with Gasteiger partial charge in [0.2, 0.25) is 0 Å². The summed E-state index contributed by atoms with van der Waals surface area (Å²) in [4.78, 5) is 15.5. The molecule has 2 rings (SSSR count). The quantitative estimate of drug-likeness (QED) is 0.698. The number of amides is 1. The molecule has 0 saturated heterocycles. The molecule has 1 N–H and O–H groups in total. The number of pyridine rings is 1. The number of benzene rings is 1. The van der Waals surface area contributed by atoms with Gasteiger partial charge in [0, 0.05) is 16.2 Å². The minimum absolute atomic E-state index is 0.245. The lowest BCUT2D eigenvalue weighted by atomic mass is 10.2. The van der Waals surface area contributed by atoms with Crippen molar-refractivity contribution in [3.05, 3.63) is 64.1 Å². The zero-order valence-corrected chi connectivity index (χ0v) is 11.3. The number of aromatic nitrogens is 1. The summed E-state index contributed by atoms with van der Waals surface area (Å²) in [6.07, 6.45) is 2.74. The van der Waals surface area contributed by atoms with E-state index in [1.54, 1.807) is 30.3 Å². The van der Waals surface area contributed by atoms with Crippen molar-refractivity contribution in [3.63, 3.8) is 0 Å². The topological polar surface area (TPSA) is 54.4 Å². The van der Waals surface area contributed by atoms with E-state index < -0.39 is 11.7 Å². The van der Waals surface area contributed by atoms with Crippen LogP contribution in [0.2, 0.25) is 0 Å². The fraction of sp³-hybridized carbons (Fsp3) is 0. The monoisotopic (exact) mass is 321 g/mol. The number of rotatable bonds is 3. The SMILES string of the molecule is O=C(N/N=C\c1cc(Br)ccc1F)c1ccccn1. The molecule has 0 atom stereocenters. The van der Waals surface area contributed by atoms with Gasteiger partial charge in [-0.1, -0.05) is 22.0 Å². The highest BCUT2D eigenvalue weighted by Gasteiger charge is 2.04. The maximum Gasteiger partial charge on any atom is 0.289 e. The lowest BCUT2D eigenvalue weighted by Crippen LogP contribution is -2.18. The second kappa shape index (κ2) is 6.19. The normalized spacial score (nSPS) is 10.6. The number of nitrogens with one attached hydrogen (secondary N) is 1. The third kappa shape index (κ3) is 3.69. The van der Waals surface area contributed by atoms with Crippen molar-refractivity contribution in [1.82, 2.24) is 10.4 Å². The molecular weight excluding hydrogens is 313 g/mol. The predicted molar refractivity (Wildman–Crippen MR) is 73.4 cm³/mol. The van der Waals surface area contributed by atoms with Crippen molar-refractivity contribution in [2.75, 3.05) is 0 Å². The maximum atomic E-state index is 13.4. The third-order valence-electron chi connectivity index (χ3n) is 2.23. The van der Waals surface area contributed by atoms with Crippen LogP contribution < -0.4 is 5.43 Å². The molecule has 0 aliphatic heterocycles. The molecule has 0 saturated carbocycles. The molecular formula is C13H9BrFN3O. The fourth-order valence-electron chi connectivity index (χ4n) is 1.33. The Kier molecular flexibility index (Phi) is 4.35. The number of hydrogen-bond acceptors (Lipinski definition) is 3. The first kappa shape index (κ1) is 13.4. The molecule has 1 aromatic carbocycles. The van der Waals surface area contributed by atoms with Crippen LogP contribution in [-0.4, -0.2) is 17.1 Å². The molecule has 1 heterocycles. The van der Waals surface area contributed by atoms with Crippen molar-refractivity contribution >= 4 is 28.1 Å². The fourth-order valence-corrected chi connectivity index (χ4v) is 1.71. The van der Waals surface area contributed by atoms with Crippen molar-refractivity contribution in [2.45, 2.75) is 0 Å². The summed E-state index contributed by atoms with van der Waals surface area (Å²) in [5.74, 6) is -0.869. The van der Waals surface area contributed by atoms with Crippen LogP contribution in [0.25, 0.3) is 0 Å². The van der Waals surface area contributed by atoms with Crippen molar-refractivity contribution < 1.29 is 9.18 Å². The van der Waals surface area contributed by atoms with Crippen LogP contribution in [0, 0.1) is 5.82 Å². The van der Waals surface area contributed by atoms with Crippen LogP contribution in [0.1, 0.15) is 16.1 Å². The molecule has 0 spiro atoms. The summed E-state index contributed by atoms with van der Waals surface area (Å²) in [5.41, 5.74) is 2.80. The summed E-state index contributed by atoms with van der Waals surface area (Å²) in [7, 11) is 0. The van der Waals surface area contributed by atoms with Gasteiger partial charge in [0.15, 0.2) is 0 Å². The third-order valence-corrected chi connectivity index (χ3v) is 2.72. The Hall–Kier alpha value is -2.08. The number of hydrogen-bond donors (Lipinski definition) is 1. The average Bonchev–Trinajstić information content (AvgIpc) is 2.43. The van der Waals surface area contributed by atoms with Crippen molar-refractivity contribution in [3.8, 4) is 0 Å². The second-order valence-electron chi connectivity index (χ2n) is 3.58. The number of hydrazone groups is 1. The highest BCUT2D eigenvalue weighted by atomic mass is 79.9. The summed E-state index contributed by atoms with van der Waals surface area (Å²) in [6.45, 7) is 0. The van der Waals surface area contributed by atoms with Gasteiger partial charge in [0.25, 0.3) is 5.91 Å². The van der Waals surface area contributed by atoms with Gasteiger partial charge in [0.05, 0.1) is 6.21 Å². The molecule has 1 aromatic heterocycles. The minimum atomic E-state index is -0.452. The number of halogens is 2. The van der Waals surface area contributed by atoms with Gasteiger partial charge in [-0.2, -0.15) is 5.10 Å². The molecule has 0 aliphatic rings. The molecule has 0 aliphatic carbocycles. The summed E-state index contributed by atoms with van der Waals surface area (Å²) in [5, 5.41) is 3.69. The Morgan fingerprint density at radius 2 is 2.21 bits per heavy atom. The minimum Gasteiger partial charge on any atom is -0.266 e. The van der Waals surface area contributed by atoms with Gasteiger partial charge in [-0.15, -0.1) is 0 Å². The molecule has 2 aromatic rings. The smallest absolute Gasteiger partial charge is 0.266 e. The van der Waals surface area contributed by atoms with E-state index in [-0.39, 0.29) is 11.3 Å². The van der Waals surface area contributed by atoms with Crippen LogP contribution in [0.15, 0.2) is 52.2 Å². The van der Waals surface area contributed by atoms with Crippen LogP contribution in [0.3, 0.4) is 0 Å². The maximum absolute atomic E-state index is 13.4. The number of carbonyl (C=O) groups excluding carboxylic acids is 1. The van der Waals surface area contributed by atoms with E-state index in [4.69, 9.17) is 0 Å². The molecule has 0 bridgehead atoms. The van der Waals surface area contributed by atoms with Crippen LogP contribution in [0.5, 0.6) is 0 Å². The zero-order valence-electron chi connectivity index (χ0n) is 9.68. The molecule has 0 unspecified atom stereocenters. The highest BCUT2D eigenvalue weighted by molar-refractivity contribution is 9.10. The van der Waals surface area contributed by atoms with Gasteiger partial charge >= 0.3 is 0 Å². The average molecular weight is 322 g/mol. The van der Waals surface area contributed by atoms with Gasteiger partial charge in [-0.25, -0.2) is 9.82 Å². The molecule has 1 amide bonds. The van der Waals surface area contributed by atoms with E-state index in [0.29, 0.717) is 0 Å². The Labute approximate surface area is 117 Å². The largest absolute Gasteiger partial charge is 0.289 e. The molecule has 0 fully saturated rings. The Balaban J connectivity index is 2.04. The number of nitrogens with zero attached hydrogens (tertiary/aromatic N) is 2. The van der Waals surface area contributed by atoms with Gasteiger partial charge < -0.3 is 0 Å². The lowest BCUT2D eigenvalue weighted by molar-refractivity contribution is 0.0950. The van der Waals surface area contributed by atoms with Crippen molar-refractivity contribution in [1.29, 1.82) is 0 Å². The Bertz CT molecular complexity index is 617. The summed E-state index contributed by atoms with van der Waals surface area (Å²) < 4.78 is 14.1.